The van der Waals surface area contributed by atoms with E-state index in [-0.39, 0.29) is 5.91 Å². The molecule has 1 saturated heterocycles. The second-order valence-electron chi connectivity index (χ2n) is 9.55. The molecule has 1 aliphatic carbocycles. The molecule has 8 heteroatoms. The number of carbonyl (C=O) groups is 1. The molecule has 2 aromatic rings. The quantitative estimate of drug-likeness (QED) is 0.615. The first-order valence-corrected chi connectivity index (χ1v) is 14.2. The van der Waals surface area contributed by atoms with Crippen LogP contribution in [0, 0.1) is 0 Å². The zero-order valence-corrected chi connectivity index (χ0v) is 20.7. The molecule has 2 fully saturated rings. The number of aryl methyl sites for hydroxylation is 2. The van der Waals surface area contributed by atoms with Gasteiger partial charge in [0, 0.05) is 38.5 Å². The summed E-state index contributed by atoms with van der Waals surface area (Å²) >= 11 is 0. The number of benzene rings is 1. The topological polar surface area (TPSA) is 84.3 Å². The molecule has 1 aromatic heterocycles. The van der Waals surface area contributed by atoms with Crippen LogP contribution in [0.3, 0.4) is 0 Å². The Morgan fingerprint density at radius 3 is 2.45 bits per heavy atom. The Morgan fingerprint density at radius 1 is 1.06 bits per heavy atom. The van der Waals surface area contributed by atoms with Crippen molar-refractivity contribution in [2.24, 2.45) is 0 Å². The van der Waals surface area contributed by atoms with E-state index in [1.165, 1.54) is 32.1 Å². The van der Waals surface area contributed by atoms with Crippen molar-refractivity contribution in [2.45, 2.75) is 101 Å². The molecule has 0 bridgehead atoms. The number of fused-ring (bicyclic) bond motifs is 1. The normalized spacial score (nSPS) is 18.9. The molecule has 2 aliphatic rings. The van der Waals surface area contributed by atoms with Crippen molar-refractivity contribution in [1.29, 1.82) is 0 Å². The maximum atomic E-state index is 13.0. The molecule has 2 heterocycles. The Kier molecular flexibility index (Phi) is 8.07. The van der Waals surface area contributed by atoms with Crippen molar-refractivity contribution in [3.8, 4) is 0 Å². The average molecular weight is 475 g/mol. The van der Waals surface area contributed by atoms with Gasteiger partial charge in [0.25, 0.3) is 0 Å². The van der Waals surface area contributed by atoms with Gasteiger partial charge in [0.15, 0.2) is 0 Å². The highest BCUT2D eigenvalue weighted by molar-refractivity contribution is 7.89. The number of nitrogens with one attached hydrogen (secondary N) is 1. The second-order valence-corrected chi connectivity index (χ2v) is 11.5. The largest absolute Gasteiger partial charge is 0.353 e. The summed E-state index contributed by atoms with van der Waals surface area (Å²) < 4.78 is 29.7. The van der Waals surface area contributed by atoms with Gasteiger partial charge in [-0.25, -0.2) is 13.4 Å². The SMILES string of the molecule is CCCn1c(CCC(=O)NC2CCCCCCC2)nc2cc(S(=O)(=O)N3CCCC3)ccc21. The molecule has 1 saturated carbocycles. The lowest BCUT2D eigenvalue weighted by Gasteiger charge is -2.21. The minimum atomic E-state index is -3.47. The van der Waals surface area contributed by atoms with Crippen LogP contribution in [0.1, 0.15) is 83.4 Å². The summed E-state index contributed by atoms with van der Waals surface area (Å²) in [4.78, 5) is 17.8. The number of carbonyl (C=O) groups excluding carboxylic acids is 1. The number of aromatic nitrogens is 2. The first-order chi connectivity index (χ1) is 16.0. The average Bonchev–Trinajstić information content (AvgIpc) is 3.43. The van der Waals surface area contributed by atoms with Crippen LogP contribution in [0.15, 0.2) is 23.1 Å². The number of hydrogen-bond donors (Lipinski definition) is 1. The van der Waals surface area contributed by atoms with Crippen molar-refractivity contribution in [2.75, 3.05) is 13.1 Å². The predicted octanol–water partition coefficient (Wildman–Crippen LogP) is 4.39. The number of hydrogen-bond acceptors (Lipinski definition) is 4. The molecule has 182 valence electrons. The van der Waals surface area contributed by atoms with Gasteiger partial charge in [-0.1, -0.05) is 39.0 Å². The Labute approximate surface area is 198 Å². The van der Waals surface area contributed by atoms with Crippen molar-refractivity contribution in [3.05, 3.63) is 24.0 Å². The van der Waals surface area contributed by atoms with Crippen molar-refractivity contribution >= 4 is 27.0 Å². The molecule has 1 aliphatic heterocycles. The summed E-state index contributed by atoms with van der Waals surface area (Å²) in [5, 5.41) is 3.24. The Bertz CT molecular complexity index is 1050. The van der Waals surface area contributed by atoms with E-state index in [0.29, 0.717) is 42.4 Å². The Balaban J connectivity index is 1.48. The number of amides is 1. The fourth-order valence-electron chi connectivity index (χ4n) is 5.19. The molecule has 1 N–H and O–H groups in total. The molecular formula is C25H38N4O3S. The van der Waals surface area contributed by atoms with E-state index in [0.717, 1.165) is 50.0 Å². The lowest BCUT2D eigenvalue weighted by molar-refractivity contribution is -0.121. The van der Waals surface area contributed by atoms with Gasteiger partial charge < -0.3 is 9.88 Å². The van der Waals surface area contributed by atoms with Gasteiger partial charge in [-0.3, -0.25) is 4.79 Å². The third kappa shape index (κ3) is 5.77. The standard InChI is InChI=1S/C25H38N4O3S/c1-2-16-29-23-13-12-21(33(31,32)28-17-8-9-18-28)19-22(23)27-24(29)14-15-25(30)26-20-10-6-4-3-5-7-11-20/h12-13,19-20H,2-11,14-18H2,1H3,(H,26,30). The van der Waals surface area contributed by atoms with Gasteiger partial charge in [-0.05, 0) is 50.3 Å². The van der Waals surface area contributed by atoms with Crippen molar-refractivity contribution < 1.29 is 13.2 Å². The fraction of sp³-hybridized carbons (Fsp3) is 0.680. The molecule has 0 spiro atoms. The summed E-state index contributed by atoms with van der Waals surface area (Å²) in [6.45, 7) is 4.09. The number of sulfonamides is 1. The van der Waals surface area contributed by atoms with E-state index in [1.54, 1.807) is 16.4 Å². The Morgan fingerprint density at radius 2 is 1.76 bits per heavy atom. The highest BCUT2D eigenvalue weighted by Crippen LogP contribution is 2.26. The van der Waals surface area contributed by atoms with E-state index in [4.69, 9.17) is 4.98 Å². The van der Waals surface area contributed by atoms with Crippen molar-refractivity contribution in [1.82, 2.24) is 19.2 Å². The van der Waals surface area contributed by atoms with Crippen LogP contribution in [0.25, 0.3) is 11.0 Å². The minimum Gasteiger partial charge on any atom is -0.353 e. The number of nitrogens with zero attached hydrogens (tertiary/aromatic N) is 3. The predicted molar refractivity (Wildman–Crippen MR) is 131 cm³/mol. The van der Waals surface area contributed by atoms with Crippen LogP contribution >= 0.6 is 0 Å². The van der Waals surface area contributed by atoms with E-state index >= 15 is 0 Å². The zero-order valence-electron chi connectivity index (χ0n) is 19.9. The van der Waals surface area contributed by atoms with Gasteiger partial charge in [0.05, 0.1) is 15.9 Å². The van der Waals surface area contributed by atoms with Gasteiger partial charge in [-0.15, -0.1) is 0 Å². The summed E-state index contributed by atoms with van der Waals surface area (Å²) in [5.74, 6) is 0.948. The van der Waals surface area contributed by atoms with Crippen molar-refractivity contribution in [3.63, 3.8) is 0 Å². The van der Waals surface area contributed by atoms with Crippen LogP contribution in [0.4, 0.5) is 0 Å². The second kappa shape index (κ2) is 11.0. The van der Waals surface area contributed by atoms with Gasteiger partial charge in [0.2, 0.25) is 15.9 Å². The van der Waals surface area contributed by atoms with Gasteiger partial charge in [-0.2, -0.15) is 4.31 Å². The smallest absolute Gasteiger partial charge is 0.243 e. The highest BCUT2D eigenvalue weighted by atomic mass is 32.2. The molecule has 0 unspecified atom stereocenters. The summed E-state index contributed by atoms with van der Waals surface area (Å²) in [5.41, 5.74) is 1.63. The fourth-order valence-corrected chi connectivity index (χ4v) is 6.72. The molecule has 4 rings (SSSR count). The highest BCUT2D eigenvalue weighted by Gasteiger charge is 2.28. The van der Waals surface area contributed by atoms with Crippen LogP contribution in [0.5, 0.6) is 0 Å². The number of rotatable bonds is 8. The molecule has 0 radical (unpaired) electrons. The van der Waals surface area contributed by atoms with E-state index in [1.807, 2.05) is 6.07 Å². The van der Waals surface area contributed by atoms with Crippen LogP contribution in [-0.4, -0.2) is 47.3 Å². The third-order valence-electron chi connectivity index (χ3n) is 6.99. The van der Waals surface area contributed by atoms with Gasteiger partial charge >= 0.3 is 0 Å². The minimum absolute atomic E-state index is 0.0907. The molecule has 1 amide bonds. The Hall–Kier alpha value is -1.93. The summed E-state index contributed by atoms with van der Waals surface area (Å²) in [6, 6.07) is 5.58. The molecule has 7 nitrogen and oxygen atoms in total. The van der Waals surface area contributed by atoms with E-state index < -0.39 is 10.0 Å². The lowest BCUT2D eigenvalue weighted by Crippen LogP contribution is -2.35. The third-order valence-corrected chi connectivity index (χ3v) is 8.89. The van der Waals surface area contributed by atoms with Crippen LogP contribution in [0.2, 0.25) is 0 Å². The maximum absolute atomic E-state index is 13.0. The zero-order chi connectivity index (χ0) is 23.3. The number of imidazole rings is 1. The molecule has 1 aromatic carbocycles. The van der Waals surface area contributed by atoms with Crippen LogP contribution < -0.4 is 5.32 Å². The van der Waals surface area contributed by atoms with Crippen LogP contribution in [-0.2, 0) is 27.8 Å². The summed E-state index contributed by atoms with van der Waals surface area (Å²) in [7, 11) is -3.47. The molecule has 0 atom stereocenters. The van der Waals surface area contributed by atoms with E-state index in [2.05, 4.69) is 16.8 Å². The first-order valence-electron chi connectivity index (χ1n) is 12.8. The summed E-state index contributed by atoms with van der Waals surface area (Å²) in [6.07, 6.45) is 12.1. The monoisotopic (exact) mass is 474 g/mol. The van der Waals surface area contributed by atoms with Gasteiger partial charge in [0.1, 0.15) is 5.82 Å². The molecular weight excluding hydrogens is 436 g/mol. The lowest BCUT2D eigenvalue weighted by atomic mass is 9.96. The maximum Gasteiger partial charge on any atom is 0.243 e. The first kappa shape index (κ1) is 24.2. The van der Waals surface area contributed by atoms with E-state index in [9.17, 15) is 13.2 Å². The molecule has 33 heavy (non-hydrogen) atoms.